The van der Waals surface area contributed by atoms with Crippen LogP contribution in [0.5, 0.6) is 0 Å². The molecule has 1 aromatic heterocycles. The number of nitrogens with zero attached hydrogens (tertiary/aromatic N) is 2. The number of hydrogen-bond acceptors (Lipinski definition) is 6. The van der Waals surface area contributed by atoms with Crippen molar-refractivity contribution in [2.45, 2.75) is 12.6 Å². The number of esters is 1. The number of rotatable bonds is 4. The number of piperazine rings is 1. The zero-order valence-corrected chi connectivity index (χ0v) is 11.3. The normalized spacial score (nSPS) is 19.6. The minimum atomic E-state index is -0.416. The second-order valence-electron chi connectivity index (χ2n) is 4.62. The number of ether oxygens (including phenoxy) is 1. The van der Waals surface area contributed by atoms with E-state index in [1.807, 2.05) is 4.90 Å². The van der Waals surface area contributed by atoms with Gasteiger partial charge in [0.25, 0.3) is 0 Å². The lowest BCUT2D eigenvalue weighted by atomic mass is 10.1. The van der Waals surface area contributed by atoms with Gasteiger partial charge in [0.2, 0.25) is 5.91 Å². The summed E-state index contributed by atoms with van der Waals surface area (Å²) in [5.74, 6) is -0.760. The molecule has 1 aliphatic rings. The molecule has 1 aliphatic heterocycles. The van der Waals surface area contributed by atoms with E-state index < -0.39 is 5.97 Å². The summed E-state index contributed by atoms with van der Waals surface area (Å²) in [6.07, 6.45) is 1.47. The highest BCUT2D eigenvalue weighted by molar-refractivity contribution is 5.88. The number of methoxy groups -OCH3 is 1. The fourth-order valence-corrected chi connectivity index (χ4v) is 2.18. The zero-order chi connectivity index (χ0) is 14.5. The molecule has 3 N–H and O–H groups in total. The van der Waals surface area contributed by atoms with Gasteiger partial charge in [0.05, 0.1) is 18.4 Å². The third-order valence-electron chi connectivity index (χ3n) is 3.29. The van der Waals surface area contributed by atoms with Crippen LogP contribution in [0, 0.1) is 0 Å². The third kappa shape index (κ3) is 3.31. The van der Waals surface area contributed by atoms with Crippen molar-refractivity contribution < 1.29 is 14.3 Å². The lowest BCUT2D eigenvalue weighted by Gasteiger charge is -2.33. The van der Waals surface area contributed by atoms with Crippen LogP contribution in [0.2, 0.25) is 0 Å². The molecular formula is C13H18N4O3. The third-order valence-corrected chi connectivity index (χ3v) is 3.29. The van der Waals surface area contributed by atoms with E-state index in [0.717, 1.165) is 18.8 Å². The van der Waals surface area contributed by atoms with Crippen molar-refractivity contribution in [2.24, 2.45) is 5.73 Å². The number of pyridine rings is 1. The standard InChI is InChI=1S/C13H18N4O3/c1-20-13(19)9-2-3-10(16-6-9)8-17-5-4-15-7-11(17)12(14)18/h2-3,6,11,15H,4-5,7-8H2,1H3,(H2,14,18). The molecule has 0 saturated carbocycles. The smallest absolute Gasteiger partial charge is 0.339 e. The molecule has 1 fully saturated rings. The van der Waals surface area contributed by atoms with E-state index >= 15 is 0 Å². The molecule has 0 aliphatic carbocycles. The number of carbonyl (C=O) groups excluding carboxylic acids is 2. The second kappa shape index (κ2) is 6.44. The summed E-state index contributed by atoms with van der Waals surface area (Å²) in [5, 5.41) is 3.14. The fraction of sp³-hybridized carbons (Fsp3) is 0.462. The van der Waals surface area contributed by atoms with Crippen LogP contribution in [-0.4, -0.2) is 54.5 Å². The van der Waals surface area contributed by atoms with Crippen molar-refractivity contribution in [1.29, 1.82) is 0 Å². The molecule has 1 amide bonds. The molecule has 1 unspecified atom stereocenters. The quantitative estimate of drug-likeness (QED) is 0.695. The Kier molecular flexibility index (Phi) is 4.65. The van der Waals surface area contributed by atoms with E-state index in [-0.39, 0.29) is 11.9 Å². The number of carbonyl (C=O) groups is 2. The maximum absolute atomic E-state index is 11.4. The van der Waals surface area contributed by atoms with Crippen molar-refractivity contribution >= 4 is 11.9 Å². The molecule has 7 heteroatoms. The minimum Gasteiger partial charge on any atom is -0.465 e. The summed E-state index contributed by atoms with van der Waals surface area (Å²) in [4.78, 5) is 28.9. The van der Waals surface area contributed by atoms with Gasteiger partial charge in [0.1, 0.15) is 6.04 Å². The average molecular weight is 278 g/mol. The summed E-state index contributed by atoms with van der Waals surface area (Å²) in [6.45, 7) is 2.62. The van der Waals surface area contributed by atoms with Crippen molar-refractivity contribution in [3.63, 3.8) is 0 Å². The van der Waals surface area contributed by atoms with Gasteiger partial charge in [-0.15, -0.1) is 0 Å². The summed E-state index contributed by atoms with van der Waals surface area (Å²) in [7, 11) is 1.33. The monoisotopic (exact) mass is 278 g/mol. The minimum absolute atomic E-state index is 0.328. The average Bonchev–Trinajstić information content (AvgIpc) is 2.47. The largest absolute Gasteiger partial charge is 0.465 e. The Labute approximate surface area is 117 Å². The Morgan fingerprint density at radius 2 is 2.35 bits per heavy atom. The Morgan fingerprint density at radius 3 is 2.95 bits per heavy atom. The SMILES string of the molecule is COC(=O)c1ccc(CN2CCNCC2C(N)=O)nc1. The van der Waals surface area contributed by atoms with Crippen molar-refractivity contribution in [3.05, 3.63) is 29.6 Å². The summed E-state index contributed by atoms with van der Waals surface area (Å²) >= 11 is 0. The number of nitrogens with two attached hydrogens (primary N) is 1. The van der Waals surface area contributed by atoms with E-state index in [9.17, 15) is 9.59 Å². The first kappa shape index (κ1) is 14.4. The van der Waals surface area contributed by atoms with Gasteiger partial charge in [-0.1, -0.05) is 0 Å². The molecule has 1 atom stereocenters. The highest BCUT2D eigenvalue weighted by Crippen LogP contribution is 2.10. The van der Waals surface area contributed by atoms with Crippen LogP contribution < -0.4 is 11.1 Å². The predicted molar refractivity (Wildman–Crippen MR) is 71.8 cm³/mol. The number of aromatic nitrogens is 1. The maximum atomic E-state index is 11.4. The van der Waals surface area contributed by atoms with Crippen molar-refractivity contribution in [1.82, 2.24) is 15.2 Å². The molecule has 0 radical (unpaired) electrons. The molecule has 2 rings (SSSR count). The highest BCUT2D eigenvalue weighted by atomic mass is 16.5. The van der Waals surface area contributed by atoms with E-state index in [4.69, 9.17) is 5.73 Å². The Morgan fingerprint density at radius 1 is 1.55 bits per heavy atom. The number of nitrogens with one attached hydrogen (secondary N) is 1. The topological polar surface area (TPSA) is 97.5 Å². The Bertz CT molecular complexity index is 489. The molecule has 0 bridgehead atoms. The van der Waals surface area contributed by atoms with Crippen LogP contribution in [-0.2, 0) is 16.1 Å². The van der Waals surface area contributed by atoms with Gasteiger partial charge in [0, 0.05) is 32.4 Å². The second-order valence-corrected chi connectivity index (χ2v) is 4.62. The first-order chi connectivity index (χ1) is 9.61. The lowest BCUT2D eigenvalue weighted by Crippen LogP contribution is -2.56. The van der Waals surface area contributed by atoms with Crippen LogP contribution in [0.15, 0.2) is 18.3 Å². The number of primary amides is 1. The van der Waals surface area contributed by atoms with Gasteiger partial charge in [-0.05, 0) is 12.1 Å². The molecule has 108 valence electrons. The maximum Gasteiger partial charge on any atom is 0.339 e. The molecular weight excluding hydrogens is 260 g/mol. The molecule has 0 spiro atoms. The van der Waals surface area contributed by atoms with Crippen molar-refractivity contribution in [3.8, 4) is 0 Å². The summed E-state index contributed by atoms with van der Waals surface area (Å²) < 4.78 is 4.62. The van der Waals surface area contributed by atoms with E-state index in [0.29, 0.717) is 18.7 Å². The first-order valence-electron chi connectivity index (χ1n) is 6.39. The van der Waals surface area contributed by atoms with Gasteiger partial charge < -0.3 is 15.8 Å². The fourth-order valence-electron chi connectivity index (χ4n) is 2.18. The lowest BCUT2D eigenvalue weighted by molar-refractivity contribution is -0.124. The van der Waals surface area contributed by atoms with Crippen molar-refractivity contribution in [2.75, 3.05) is 26.7 Å². The van der Waals surface area contributed by atoms with Crippen LogP contribution in [0.1, 0.15) is 16.1 Å². The van der Waals surface area contributed by atoms with Gasteiger partial charge in [-0.2, -0.15) is 0 Å². The van der Waals surface area contributed by atoms with Gasteiger partial charge in [0.15, 0.2) is 0 Å². The van der Waals surface area contributed by atoms with Crippen LogP contribution in [0.3, 0.4) is 0 Å². The summed E-state index contributed by atoms with van der Waals surface area (Å²) in [5.41, 5.74) is 6.58. The van der Waals surface area contributed by atoms with Gasteiger partial charge in [-0.25, -0.2) is 4.79 Å². The zero-order valence-electron chi connectivity index (χ0n) is 11.3. The van der Waals surface area contributed by atoms with E-state index in [1.54, 1.807) is 12.1 Å². The molecule has 7 nitrogen and oxygen atoms in total. The van der Waals surface area contributed by atoms with Gasteiger partial charge in [-0.3, -0.25) is 14.7 Å². The predicted octanol–water partition coefficient (Wildman–Crippen LogP) is -0.873. The van der Waals surface area contributed by atoms with Crippen LogP contribution in [0.25, 0.3) is 0 Å². The Balaban J connectivity index is 2.05. The number of hydrogen-bond donors (Lipinski definition) is 2. The van der Waals surface area contributed by atoms with Crippen LogP contribution in [0.4, 0.5) is 0 Å². The highest BCUT2D eigenvalue weighted by Gasteiger charge is 2.26. The molecule has 20 heavy (non-hydrogen) atoms. The first-order valence-corrected chi connectivity index (χ1v) is 6.39. The molecule has 2 heterocycles. The van der Waals surface area contributed by atoms with Crippen LogP contribution >= 0.6 is 0 Å². The summed E-state index contributed by atoms with van der Waals surface area (Å²) in [6, 6.07) is 3.09. The molecule has 0 aromatic carbocycles. The van der Waals surface area contributed by atoms with E-state index in [2.05, 4.69) is 15.0 Å². The van der Waals surface area contributed by atoms with Gasteiger partial charge >= 0.3 is 5.97 Å². The molecule has 1 saturated heterocycles. The Hall–Kier alpha value is -1.99. The molecule has 1 aromatic rings. The van der Waals surface area contributed by atoms with E-state index in [1.165, 1.54) is 13.3 Å². The number of amides is 1.